The van der Waals surface area contributed by atoms with Gasteiger partial charge in [0.15, 0.2) is 5.82 Å². The summed E-state index contributed by atoms with van der Waals surface area (Å²) in [4.78, 5) is 5.65. The molecule has 2 rings (SSSR count). The molecule has 1 aliphatic heterocycles. The monoisotopic (exact) mass is 249 g/mol. The average molecular weight is 250 g/mol. The summed E-state index contributed by atoms with van der Waals surface area (Å²) in [6.07, 6.45) is 2.12. The number of pyridine rings is 1. The molecule has 0 saturated carbocycles. The van der Waals surface area contributed by atoms with E-state index in [0.29, 0.717) is 5.82 Å². The van der Waals surface area contributed by atoms with Gasteiger partial charge in [-0.1, -0.05) is 23.2 Å². The van der Waals surface area contributed by atoms with Crippen molar-refractivity contribution in [1.29, 1.82) is 0 Å². The average Bonchev–Trinajstić information content (AvgIpc) is 2.73. The van der Waals surface area contributed by atoms with E-state index in [9.17, 15) is 4.39 Å². The maximum absolute atomic E-state index is 13.3. The van der Waals surface area contributed by atoms with Crippen LogP contribution in [0.5, 0.6) is 0 Å². The van der Waals surface area contributed by atoms with Crippen LogP contribution in [0.4, 0.5) is 15.9 Å². The van der Waals surface area contributed by atoms with Gasteiger partial charge in [-0.25, -0.2) is 0 Å². The van der Waals surface area contributed by atoms with Gasteiger partial charge in [0.25, 0.3) is 0 Å². The van der Waals surface area contributed by atoms with Crippen molar-refractivity contribution in [3.05, 3.63) is 16.0 Å². The lowest BCUT2D eigenvalue weighted by Crippen LogP contribution is -2.20. The summed E-state index contributed by atoms with van der Waals surface area (Å²) in [5, 5.41) is 0.0336. The van der Waals surface area contributed by atoms with E-state index < -0.39 is 5.95 Å². The molecule has 0 amide bonds. The van der Waals surface area contributed by atoms with Gasteiger partial charge in [-0.05, 0) is 12.8 Å². The number of hydrogen-bond donors (Lipinski definition) is 1. The molecule has 1 saturated heterocycles. The van der Waals surface area contributed by atoms with E-state index in [1.165, 1.54) is 0 Å². The van der Waals surface area contributed by atoms with Crippen LogP contribution in [-0.2, 0) is 0 Å². The number of rotatable bonds is 1. The number of nitrogens with zero attached hydrogens (tertiary/aromatic N) is 2. The van der Waals surface area contributed by atoms with Gasteiger partial charge >= 0.3 is 0 Å². The molecule has 15 heavy (non-hydrogen) atoms. The van der Waals surface area contributed by atoms with E-state index in [0.717, 1.165) is 25.9 Å². The van der Waals surface area contributed by atoms with E-state index in [-0.39, 0.29) is 15.7 Å². The SMILES string of the molecule is Nc1c(Cl)c(F)nc(N2CCCC2)c1Cl. The summed E-state index contributed by atoms with van der Waals surface area (Å²) in [6.45, 7) is 1.65. The van der Waals surface area contributed by atoms with Crippen LogP contribution in [0, 0.1) is 5.95 Å². The molecule has 1 aromatic rings. The smallest absolute Gasteiger partial charge is 0.235 e. The molecule has 0 bridgehead atoms. The minimum absolute atomic E-state index is 0.0627. The number of nitrogens with two attached hydrogens (primary N) is 1. The van der Waals surface area contributed by atoms with Crippen LogP contribution in [0.1, 0.15) is 12.8 Å². The van der Waals surface area contributed by atoms with Gasteiger partial charge in [-0.3, -0.25) is 0 Å². The molecule has 1 fully saturated rings. The molecule has 3 nitrogen and oxygen atoms in total. The number of nitrogen functional groups attached to an aromatic ring is 1. The molecule has 0 radical (unpaired) electrons. The first-order valence-electron chi connectivity index (χ1n) is 4.66. The number of anilines is 2. The van der Waals surface area contributed by atoms with Crippen molar-refractivity contribution in [2.45, 2.75) is 12.8 Å². The summed E-state index contributed by atoms with van der Waals surface area (Å²) in [7, 11) is 0. The third-order valence-corrected chi connectivity index (χ3v) is 3.19. The second kappa shape index (κ2) is 4.02. The Balaban J connectivity index is 2.47. The van der Waals surface area contributed by atoms with Crippen LogP contribution >= 0.6 is 23.2 Å². The number of hydrogen-bond acceptors (Lipinski definition) is 3. The van der Waals surface area contributed by atoms with E-state index in [2.05, 4.69) is 4.98 Å². The highest BCUT2D eigenvalue weighted by Gasteiger charge is 2.21. The van der Waals surface area contributed by atoms with Gasteiger partial charge in [0.05, 0.1) is 5.69 Å². The lowest BCUT2D eigenvalue weighted by molar-refractivity contribution is 0.584. The van der Waals surface area contributed by atoms with Crippen molar-refractivity contribution in [2.24, 2.45) is 0 Å². The lowest BCUT2D eigenvalue weighted by Gasteiger charge is -2.19. The van der Waals surface area contributed by atoms with Crippen LogP contribution in [-0.4, -0.2) is 18.1 Å². The van der Waals surface area contributed by atoms with Crippen molar-refractivity contribution in [1.82, 2.24) is 4.98 Å². The lowest BCUT2D eigenvalue weighted by atomic mass is 10.3. The summed E-state index contributed by atoms with van der Waals surface area (Å²) in [6, 6.07) is 0. The number of halogens is 3. The third-order valence-electron chi connectivity index (χ3n) is 2.46. The van der Waals surface area contributed by atoms with E-state index in [4.69, 9.17) is 28.9 Å². The normalized spacial score (nSPS) is 16.1. The highest BCUT2D eigenvalue weighted by molar-refractivity contribution is 6.40. The van der Waals surface area contributed by atoms with Crippen molar-refractivity contribution in [3.8, 4) is 0 Å². The molecule has 0 aliphatic carbocycles. The van der Waals surface area contributed by atoms with Crippen LogP contribution < -0.4 is 10.6 Å². The minimum atomic E-state index is -0.763. The maximum atomic E-state index is 13.3. The molecule has 2 heterocycles. The molecule has 0 spiro atoms. The quantitative estimate of drug-likeness (QED) is 0.779. The van der Waals surface area contributed by atoms with Gasteiger partial charge in [0, 0.05) is 13.1 Å². The Kier molecular flexibility index (Phi) is 2.89. The second-order valence-electron chi connectivity index (χ2n) is 3.46. The van der Waals surface area contributed by atoms with Gasteiger partial charge in [-0.15, -0.1) is 0 Å². The molecule has 0 unspecified atom stereocenters. The van der Waals surface area contributed by atoms with Crippen LogP contribution in [0.2, 0.25) is 10.0 Å². The predicted molar refractivity (Wildman–Crippen MR) is 60.1 cm³/mol. The fraction of sp³-hybridized carbons (Fsp3) is 0.444. The number of aromatic nitrogens is 1. The maximum Gasteiger partial charge on any atom is 0.235 e. The highest BCUT2D eigenvalue weighted by Crippen LogP contribution is 2.36. The van der Waals surface area contributed by atoms with Gasteiger partial charge in [0.1, 0.15) is 10.0 Å². The molecule has 82 valence electrons. The fourth-order valence-electron chi connectivity index (χ4n) is 1.66. The Labute approximate surface area is 97.0 Å². The highest BCUT2D eigenvalue weighted by atomic mass is 35.5. The molecular weight excluding hydrogens is 240 g/mol. The standard InChI is InChI=1S/C9H10Cl2FN3/c10-5-7(13)6(11)9(14-8(5)12)15-3-1-2-4-15/h1-4H2,(H2,13,14). The summed E-state index contributed by atoms with van der Waals surface area (Å²) in [5.41, 5.74) is 5.64. The van der Waals surface area contributed by atoms with E-state index in [1.807, 2.05) is 4.90 Å². The van der Waals surface area contributed by atoms with Gasteiger partial charge in [-0.2, -0.15) is 9.37 Å². The Morgan fingerprint density at radius 3 is 2.40 bits per heavy atom. The molecular formula is C9H10Cl2FN3. The molecule has 6 heteroatoms. The first kappa shape index (κ1) is 10.8. The zero-order chi connectivity index (χ0) is 11.0. The molecule has 0 atom stereocenters. The Hall–Kier alpha value is -0.740. The molecule has 1 aromatic heterocycles. The summed E-state index contributed by atoms with van der Waals surface area (Å²) < 4.78 is 13.3. The molecule has 1 aliphatic rings. The molecule has 0 aromatic carbocycles. The van der Waals surface area contributed by atoms with E-state index >= 15 is 0 Å². The fourth-order valence-corrected chi connectivity index (χ4v) is 2.10. The predicted octanol–water partition coefficient (Wildman–Crippen LogP) is 2.71. The first-order chi connectivity index (χ1) is 7.11. The third kappa shape index (κ3) is 1.84. The summed E-state index contributed by atoms with van der Waals surface area (Å²) in [5.74, 6) is -0.367. The Bertz CT molecular complexity index is 391. The minimum Gasteiger partial charge on any atom is -0.396 e. The van der Waals surface area contributed by atoms with Crippen LogP contribution in [0.3, 0.4) is 0 Å². The first-order valence-corrected chi connectivity index (χ1v) is 5.41. The van der Waals surface area contributed by atoms with Crippen LogP contribution in [0.15, 0.2) is 0 Å². The van der Waals surface area contributed by atoms with Gasteiger partial charge < -0.3 is 10.6 Å². The van der Waals surface area contributed by atoms with Gasteiger partial charge in [0.2, 0.25) is 5.95 Å². The second-order valence-corrected chi connectivity index (χ2v) is 4.22. The summed E-state index contributed by atoms with van der Waals surface area (Å²) >= 11 is 11.6. The van der Waals surface area contributed by atoms with Crippen molar-refractivity contribution in [2.75, 3.05) is 23.7 Å². The topological polar surface area (TPSA) is 42.1 Å². The largest absolute Gasteiger partial charge is 0.396 e. The molecule has 2 N–H and O–H groups in total. The zero-order valence-corrected chi connectivity index (χ0v) is 9.45. The Morgan fingerprint density at radius 2 is 1.80 bits per heavy atom. The van der Waals surface area contributed by atoms with E-state index in [1.54, 1.807) is 0 Å². The zero-order valence-electron chi connectivity index (χ0n) is 7.93. The van der Waals surface area contributed by atoms with Crippen molar-refractivity contribution < 1.29 is 4.39 Å². The Morgan fingerprint density at radius 1 is 1.20 bits per heavy atom. The van der Waals surface area contributed by atoms with Crippen LogP contribution in [0.25, 0.3) is 0 Å². The van der Waals surface area contributed by atoms with Crippen molar-refractivity contribution >= 4 is 34.7 Å². The van der Waals surface area contributed by atoms with Crippen molar-refractivity contribution in [3.63, 3.8) is 0 Å².